The van der Waals surface area contributed by atoms with Gasteiger partial charge < -0.3 is 15.2 Å². The SMILES string of the molecule is COc1cc(C(=O)NCC2CCCCC2CO)ccc1F. The minimum atomic E-state index is -0.485. The highest BCUT2D eigenvalue weighted by Crippen LogP contribution is 2.29. The summed E-state index contributed by atoms with van der Waals surface area (Å²) in [5, 5.41) is 12.2. The number of amides is 1. The highest BCUT2D eigenvalue weighted by atomic mass is 19.1. The molecule has 1 aliphatic carbocycles. The lowest BCUT2D eigenvalue weighted by molar-refractivity contribution is 0.0909. The molecule has 0 spiro atoms. The average molecular weight is 295 g/mol. The highest BCUT2D eigenvalue weighted by Gasteiger charge is 2.24. The van der Waals surface area contributed by atoms with E-state index in [1.807, 2.05) is 0 Å². The Morgan fingerprint density at radius 2 is 2.10 bits per heavy atom. The zero-order chi connectivity index (χ0) is 15.2. The number of aliphatic hydroxyl groups excluding tert-OH is 1. The van der Waals surface area contributed by atoms with Crippen LogP contribution in [0.1, 0.15) is 36.0 Å². The number of ether oxygens (including phenoxy) is 1. The minimum Gasteiger partial charge on any atom is -0.494 e. The lowest BCUT2D eigenvalue weighted by Crippen LogP contribution is -2.35. The number of aliphatic hydroxyl groups is 1. The van der Waals surface area contributed by atoms with Gasteiger partial charge in [0.1, 0.15) is 0 Å². The van der Waals surface area contributed by atoms with Crippen molar-refractivity contribution in [2.24, 2.45) is 11.8 Å². The molecule has 1 aliphatic rings. The number of nitrogens with one attached hydrogen (secondary N) is 1. The molecule has 2 rings (SSSR count). The maximum Gasteiger partial charge on any atom is 0.251 e. The third-order valence-corrected chi connectivity index (χ3v) is 4.24. The quantitative estimate of drug-likeness (QED) is 0.876. The number of carbonyl (C=O) groups is 1. The highest BCUT2D eigenvalue weighted by molar-refractivity contribution is 5.94. The van der Waals surface area contributed by atoms with Crippen molar-refractivity contribution in [3.05, 3.63) is 29.6 Å². The summed E-state index contributed by atoms with van der Waals surface area (Å²) in [6.45, 7) is 0.717. The third-order valence-electron chi connectivity index (χ3n) is 4.24. The molecule has 0 bridgehead atoms. The van der Waals surface area contributed by atoms with Crippen LogP contribution in [0.3, 0.4) is 0 Å². The van der Waals surface area contributed by atoms with E-state index in [1.165, 1.54) is 25.3 Å². The summed E-state index contributed by atoms with van der Waals surface area (Å²) >= 11 is 0. The predicted molar refractivity (Wildman–Crippen MR) is 77.8 cm³/mol. The van der Waals surface area contributed by atoms with Crippen molar-refractivity contribution in [3.63, 3.8) is 0 Å². The lowest BCUT2D eigenvalue weighted by Gasteiger charge is -2.30. The summed E-state index contributed by atoms with van der Waals surface area (Å²) in [5.74, 6) is -0.0809. The van der Waals surface area contributed by atoms with Gasteiger partial charge in [-0.1, -0.05) is 12.8 Å². The Morgan fingerprint density at radius 1 is 1.38 bits per heavy atom. The summed E-state index contributed by atoms with van der Waals surface area (Å²) in [6.07, 6.45) is 4.33. The van der Waals surface area contributed by atoms with Gasteiger partial charge >= 0.3 is 0 Å². The summed E-state index contributed by atoms with van der Waals surface area (Å²) in [4.78, 5) is 12.1. The second kappa shape index (κ2) is 7.41. The maximum absolute atomic E-state index is 13.3. The maximum atomic E-state index is 13.3. The van der Waals surface area contributed by atoms with Crippen molar-refractivity contribution in [2.45, 2.75) is 25.7 Å². The fraction of sp³-hybridized carbons (Fsp3) is 0.562. The van der Waals surface area contributed by atoms with Crippen molar-refractivity contribution >= 4 is 5.91 Å². The fourth-order valence-corrected chi connectivity index (χ4v) is 2.92. The molecule has 2 atom stereocenters. The van der Waals surface area contributed by atoms with E-state index >= 15 is 0 Å². The molecule has 1 fully saturated rings. The van der Waals surface area contributed by atoms with Crippen LogP contribution in [0.15, 0.2) is 18.2 Å². The van der Waals surface area contributed by atoms with Crippen molar-refractivity contribution in [3.8, 4) is 5.75 Å². The molecule has 4 nitrogen and oxygen atoms in total. The largest absolute Gasteiger partial charge is 0.494 e. The fourth-order valence-electron chi connectivity index (χ4n) is 2.92. The Labute approximate surface area is 124 Å². The molecule has 0 radical (unpaired) electrons. The number of halogens is 1. The van der Waals surface area contributed by atoms with Crippen LogP contribution in [-0.2, 0) is 0 Å². The first-order valence-electron chi connectivity index (χ1n) is 7.38. The Kier molecular flexibility index (Phi) is 5.56. The van der Waals surface area contributed by atoms with E-state index in [0.717, 1.165) is 25.7 Å². The van der Waals surface area contributed by atoms with E-state index in [0.29, 0.717) is 18.0 Å². The van der Waals surface area contributed by atoms with Crippen LogP contribution in [0, 0.1) is 17.7 Å². The number of hydrogen-bond donors (Lipinski definition) is 2. The van der Waals surface area contributed by atoms with Gasteiger partial charge in [-0.3, -0.25) is 4.79 Å². The third kappa shape index (κ3) is 3.94. The Hall–Kier alpha value is -1.62. The van der Waals surface area contributed by atoms with E-state index < -0.39 is 5.82 Å². The first-order valence-corrected chi connectivity index (χ1v) is 7.38. The van der Waals surface area contributed by atoms with Gasteiger partial charge in [0, 0.05) is 18.7 Å². The van der Waals surface area contributed by atoms with Crippen molar-refractivity contribution in [1.29, 1.82) is 0 Å². The van der Waals surface area contributed by atoms with Gasteiger partial charge in [-0.25, -0.2) is 4.39 Å². The smallest absolute Gasteiger partial charge is 0.251 e. The van der Waals surface area contributed by atoms with E-state index in [-0.39, 0.29) is 24.2 Å². The summed E-state index contributed by atoms with van der Waals surface area (Å²) < 4.78 is 18.2. The molecule has 1 aromatic rings. The summed E-state index contributed by atoms with van der Waals surface area (Å²) in [7, 11) is 1.37. The van der Waals surface area contributed by atoms with Gasteiger partial charge in [0.05, 0.1) is 7.11 Å². The van der Waals surface area contributed by atoms with Gasteiger partial charge in [0.25, 0.3) is 5.91 Å². The number of hydrogen-bond acceptors (Lipinski definition) is 3. The Morgan fingerprint density at radius 3 is 2.76 bits per heavy atom. The molecule has 21 heavy (non-hydrogen) atoms. The van der Waals surface area contributed by atoms with Crippen LogP contribution in [0.4, 0.5) is 4.39 Å². The molecule has 2 N–H and O–H groups in total. The van der Waals surface area contributed by atoms with E-state index in [1.54, 1.807) is 0 Å². The normalized spacial score (nSPS) is 21.9. The number of carbonyl (C=O) groups excluding carboxylic acids is 1. The molecular formula is C16H22FNO3. The zero-order valence-corrected chi connectivity index (χ0v) is 12.3. The van der Waals surface area contributed by atoms with Crippen LogP contribution in [0.2, 0.25) is 0 Å². The Bertz CT molecular complexity index is 492. The molecule has 5 heteroatoms. The summed E-state index contributed by atoms with van der Waals surface area (Å²) in [5.41, 5.74) is 0.379. The molecule has 0 saturated heterocycles. The average Bonchev–Trinajstić information content (AvgIpc) is 2.53. The molecule has 2 unspecified atom stereocenters. The van der Waals surface area contributed by atoms with Gasteiger partial charge in [0.15, 0.2) is 11.6 Å². The molecule has 0 heterocycles. The van der Waals surface area contributed by atoms with Crippen molar-refractivity contribution in [2.75, 3.05) is 20.3 Å². The van der Waals surface area contributed by atoms with E-state index in [9.17, 15) is 14.3 Å². The van der Waals surface area contributed by atoms with Crippen LogP contribution in [-0.4, -0.2) is 31.3 Å². The number of rotatable bonds is 5. The first-order chi connectivity index (χ1) is 10.2. The standard InChI is InChI=1S/C16H22FNO3/c1-21-15-8-11(6-7-14(15)17)16(20)18-9-12-4-2-3-5-13(12)10-19/h6-8,12-13,19H,2-5,9-10H2,1H3,(H,18,20). The second-order valence-corrected chi connectivity index (χ2v) is 5.55. The van der Waals surface area contributed by atoms with Crippen LogP contribution in [0.25, 0.3) is 0 Å². The lowest BCUT2D eigenvalue weighted by atomic mass is 9.79. The van der Waals surface area contributed by atoms with Gasteiger partial charge in [-0.15, -0.1) is 0 Å². The van der Waals surface area contributed by atoms with Crippen molar-refractivity contribution in [1.82, 2.24) is 5.32 Å². The van der Waals surface area contributed by atoms with Crippen LogP contribution < -0.4 is 10.1 Å². The monoisotopic (exact) mass is 295 g/mol. The minimum absolute atomic E-state index is 0.0635. The summed E-state index contributed by atoms with van der Waals surface area (Å²) in [6, 6.07) is 4.07. The van der Waals surface area contributed by atoms with Gasteiger partial charge in [-0.05, 0) is 42.9 Å². The van der Waals surface area contributed by atoms with Gasteiger partial charge in [-0.2, -0.15) is 0 Å². The van der Waals surface area contributed by atoms with E-state index in [2.05, 4.69) is 5.32 Å². The number of methoxy groups -OCH3 is 1. The molecule has 0 aromatic heterocycles. The van der Waals surface area contributed by atoms with E-state index in [4.69, 9.17) is 4.74 Å². The predicted octanol–water partition coefficient (Wildman–Crippen LogP) is 2.36. The molecule has 0 aliphatic heterocycles. The molecule has 1 aromatic carbocycles. The number of benzene rings is 1. The topological polar surface area (TPSA) is 58.6 Å². The van der Waals surface area contributed by atoms with Gasteiger partial charge in [0.2, 0.25) is 0 Å². The first kappa shape index (κ1) is 15.8. The van der Waals surface area contributed by atoms with Crippen molar-refractivity contribution < 1.29 is 19.0 Å². The molecule has 1 amide bonds. The molecular weight excluding hydrogens is 273 g/mol. The molecule has 1 saturated carbocycles. The zero-order valence-electron chi connectivity index (χ0n) is 12.3. The molecule has 116 valence electrons. The second-order valence-electron chi connectivity index (χ2n) is 5.55. The Balaban J connectivity index is 1.95. The van der Waals surface area contributed by atoms with Crippen LogP contribution in [0.5, 0.6) is 5.75 Å². The van der Waals surface area contributed by atoms with Crippen LogP contribution >= 0.6 is 0 Å².